The van der Waals surface area contributed by atoms with E-state index in [1.165, 1.54) is 25.0 Å². The van der Waals surface area contributed by atoms with Crippen molar-refractivity contribution >= 4 is 11.4 Å². The molecule has 0 amide bonds. The Kier molecular flexibility index (Phi) is 5.13. The van der Waals surface area contributed by atoms with Crippen molar-refractivity contribution < 1.29 is 20.1 Å². The summed E-state index contributed by atoms with van der Waals surface area (Å²) in [4.78, 5) is 23.0. The van der Waals surface area contributed by atoms with Crippen molar-refractivity contribution in [2.45, 2.75) is 116 Å². The molecular weight excluding hydrogens is 556 g/mol. The highest BCUT2D eigenvalue weighted by Gasteiger charge is 2.76. The molecule has 2 aromatic carbocycles. The minimum absolute atomic E-state index is 0.0514. The van der Waals surface area contributed by atoms with Crippen LogP contribution in [-0.2, 0) is 10.8 Å². The van der Waals surface area contributed by atoms with Crippen LogP contribution < -0.4 is 0 Å². The van der Waals surface area contributed by atoms with Crippen molar-refractivity contribution in [3.05, 3.63) is 67.8 Å². The maximum absolute atomic E-state index is 11.9. The highest BCUT2D eigenvalue weighted by atomic mass is 16.6. The average molecular weight is 601 g/mol. The Hall–Kier alpha value is -3.16. The lowest BCUT2D eigenvalue weighted by atomic mass is 9.24. The average Bonchev–Trinajstić information content (AvgIpc) is 2.84. The van der Waals surface area contributed by atoms with Crippen LogP contribution >= 0.6 is 0 Å². The lowest BCUT2D eigenvalue weighted by Gasteiger charge is -2.80. The largest absolute Gasteiger partial charge is 0.502 e. The molecule has 4 unspecified atom stereocenters. The quantitative estimate of drug-likeness (QED) is 0.261. The van der Waals surface area contributed by atoms with Crippen LogP contribution in [0.2, 0.25) is 0 Å². The maximum atomic E-state index is 11.9. The maximum Gasteiger partial charge on any atom is 0.310 e. The Morgan fingerprint density at radius 3 is 1.14 bits per heavy atom. The molecule has 0 heterocycles. The third-order valence-corrected chi connectivity index (χ3v) is 13.9. The van der Waals surface area contributed by atoms with E-state index in [0.717, 1.165) is 75.3 Å². The number of phenols is 2. The lowest BCUT2D eigenvalue weighted by molar-refractivity contribution is -0.386. The molecule has 8 bridgehead atoms. The van der Waals surface area contributed by atoms with Crippen molar-refractivity contribution in [2.75, 3.05) is 0 Å². The van der Waals surface area contributed by atoms with E-state index in [0.29, 0.717) is 0 Å². The number of aromatic hydroxyl groups is 2. The van der Waals surface area contributed by atoms with Crippen LogP contribution in [0.25, 0.3) is 0 Å². The van der Waals surface area contributed by atoms with E-state index >= 15 is 0 Å². The van der Waals surface area contributed by atoms with Gasteiger partial charge in [0.05, 0.1) is 9.85 Å². The van der Waals surface area contributed by atoms with Gasteiger partial charge >= 0.3 is 11.4 Å². The minimum Gasteiger partial charge on any atom is -0.502 e. The molecule has 0 spiro atoms. The van der Waals surface area contributed by atoms with Gasteiger partial charge in [-0.3, -0.25) is 20.2 Å². The molecule has 0 aliphatic heterocycles. The Labute approximate surface area is 258 Å². The van der Waals surface area contributed by atoms with Crippen LogP contribution in [0.4, 0.5) is 11.4 Å². The summed E-state index contributed by atoms with van der Waals surface area (Å²) >= 11 is 0. The molecule has 4 atom stereocenters. The summed E-state index contributed by atoms with van der Waals surface area (Å²) in [5, 5.41) is 44.6. The number of hydrogen-bond donors (Lipinski definition) is 2. The van der Waals surface area contributed by atoms with E-state index in [4.69, 9.17) is 0 Å². The molecule has 234 valence electrons. The van der Waals surface area contributed by atoms with Gasteiger partial charge in [-0.1, -0.05) is 39.8 Å². The Balaban J connectivity index is 1.30. The molecule has 0 radical (unpaired) electrons. The van der Waals surface area contributed by atoms with Gasteiger partial charge in [-0.15, -0.1) is 0 Å². The zero-order chi connectivity index (χ0) is 31.3. The second kappa shape index (κ2) is 7.97. The standard InChI is InChI=1S/C36H44N2O6/c1-29-11-30(2)14-33(13-29,23-5-7-27(39)25(9-23)37(41)42)21-35(17-29,18-30)36-19-31(3)12-32(4,20-36)16-34(15-31,22-36)24-6-8-28(40)26(10-24)38(43)44/h5-10,39-40H,11-22H2,1-4H3. The first-order chi connectivity index (χ1) is 20.4. The first kappa shape index (κ1) is 28.3. The van der Waals surface area contributed by atoms with Crippen molar-refractivity contribution in [1.29, 1.82) is 0 Å². The molecule has 8 heteroatoms. The number of nitrogens with zero attached hydrogens (tertiary/aromatic N) is 2. The summed E-state index contributed by atoms with van der Waals surface area (Å²) in [6.45, 7) is 9.85. The molecule has 8 fully saturated rings. The number of hydrogen-bond acceptors (Lipinski definition) is 6. The molecule has 0 saturated heterocycles. The van der Waals surface area contributed by atoms with Crippen molar-refractivity contribution in [3.8, 4) is 11.5 Å². The zero-order valence-corrected chi connectivity index (χ0v) is 26.4. The molecule has 8 nitrogen and oxygen atoms in total. The molecule has 8 saturated carbocycles. The minimum atomic E-state index is -0.458. The topological polar surface area (TPSA) is 127 Å². The fourth-order valence-electron chi connectivity index (χ4n) is 15.1. The normalized spacial score (nSPS) is 46.4. The van der Waals surface area contributed by atoms with E-state index in [-0.39, 0.29) is 66.2 Å². The molecule has 2 aromatic rings. The van der Waals surface area contributed by atoms with Gasteiger partial charge in [0.1, 0.15) is 0 Å². The van der Waals surface area contributed by atoms with Crippen LogP contribution in [-0.4, -0.2) is 20.1 Å². The van der Waals surface area contributed by atoms with Crippen LogP contribution in [0, 0.1) is 52.7 Å². The summed E-state index contributed by atoms with van der Waals surface area (Å²) in [7, 11) is 0. The second-order valence-corrected chi connectivity index (χ2v) is 18.4. The fraction of sp³-hybridized carbons (Fsp3) is 0.667. The second-order valence-electron chi connectivity index (χ2n) is 18.4. The SMILES string of the molecule is CC12CC3(C)CC(c4ccc(O)c([N+](=O)[O-])c4)(C1)CC(C14CC5(C)CC(C)(CC(c6ccc(O)c([N+](=O)[O-])c6)(C5)C1)C4)(C2)C3. The summed E-state index contributed by atoms with van der Waals surface area (Å²) in [5.41, 5.74) is 1.80. The van der Waals surface area contributed by atoms with Gasteiger partial charge in [0.15, 0.2) is 11.5 Å². The van der Waals surface area contributed by atoms with Gasteiger partial charge in [-0.2, -0.15) is 0 Å². The molecule has 8 aliphatic rings. The molecule has 44 heavy (non-hydrogen) atoms. The zero-order valence-electron chi connectivity index (χ0n) is 26.4. The fourth-order valence-corrected chi connectivity index (χ4v) is 15.1. The monoisotopic (exact) mass is 600 g/mol. The van der Waals surface area contributed by atoms with Crippen LogP contribution in [0.3, 0.4) is 0 Å². The number of rotatable bonds is 5. The number of nitro benzene ring substituents is 2. The van der Waals surface area contributed by atoms with E-state index in [1.807, 2.05) is 12.1 Å². The molecule has 0 aromatic heterocycles. The van der Waals surface area contributed by atoms with E-state index in [9.17, 15) is 30.4 Å². The highest BCUT2D eigenvalue weighted by Crippen LogP contribution is 2.85. The van der Waals surface area contributed by atoms with Gasteiger partial charge in [-0.05, 0) is 144 Å². The van der Waals surface area contributed by atoms with Crippen molar-refractivity contribution in [2.24, 2.45) is 32.5 Å². The third kappa shape index (κ3) is 3.63. The summed E-state index contributed by atoms with van der Waals surface area (Å²) < 4.78 is 0. The first-order valence-electron chi connectivity index (χ1n) is 16.3. The Morgan fingerprint density at radius 1 is 0.523 bits per heavy atom. The van der Waals surface area contributed by atoms with Crippen LogP contribution in [0.1, 0.15) is 116 Å². The Morgan fingerprint density at radius 2 is 0.841 bits per heavy atom. The third-order valence-electron chi connectivity index (χ3n) is 13.9. The van der Waals surface area contributed by atoms with Gasteiger partial charge < -0.3 is 10.2 Å². The first-order valence-corrected chi connectivity index (χ1v) is 16.3. The Bertz CT molecular complexity index is 1510. The van der Waals surface area contributed by atoms with Crippen LogP contribution in [0.15, 0.2) is 36.4 Å². The molecular formula is C36H44N2O6. The van der Waals surface area contributed by atoms with Crippen molar-refractivity contribution in [3.63, 3.8) is 0 Å². The predicted octanol–water partition coefficient (Wildman–Crippen LogP) is 8.85. The summed E-state index contributed by atoms with van der Waals surface area (Å²) in [6, 6.07) is 10.3. The van der Waals surface area contributed by atoms with Gasteiger partial charge in [-0.25, -0.2) is 0 Å². The molecule has 8 aliphatic carbocycles. The predicted molar refractivity (Wildman–Crippen MR) is 166 cm³/mol. The van der Waals surface area contributed by atoms with E-state index in [1.54, 1.807) is 12.1 Å². The van der Waals surface area contributed by atoms with E-state index < -0.39 is 9.85 Å². The number of phenolic OH excluding ortho intramolecular Hbond substituents is 2. The number of benzene rings is 2. The van der Waals surface area contributed by atoms with E-state index in [2.05, 4.69) is 27.7 Å². The summed E-state index contributed by atoms with van der Waals surface area (Å²) in [6.07, 6.45) is 13.1. The van der Waals surface area contributed by atoms with Crippen molar-refractivity contribution in [1.82, 2.24) is 0 Å². The number of nitro groups is 2. The van der Waals surface area contributed by atoms with Gasteiger partial charge in [0.25, 0.3) is 0 Å². The summed E-state index contributed by atoms with van der Waals surface area (Å²) in [5.74, 6) is -0.551. The molecule has 2 N–H and O–H groups in total. The van der Waals surface area contributed by atoms with Crippen LogP contribution in [0.5, 0.6) is 11.5 Å². The lowest BCUT2D eigenvalue weighted by Crippen LogP contribution is -2.71. The smallest absolute Gasteiger partial charge is 0.310 e. The van der Waals surface area contributed by atoms with Gasteiger partial charge in [0, 0.05) is 12.1 Å². The highest BCUT2D eigenvalue weighted by molar-refractivity contribution is 5.52. The van der Waals surface area contributed by atoms with Gasteiger partial charge in [0.2, 0.25) is 0 Å². The molecule has 10 rings (SSSR count).